The molecule has 0 saturated heterocycles. The van der Waals surface area contributed by atoms with Crippen molar-refractivity contribution in [2.45, 2.75) is 20.5 Å². The van der Waals surface area contributed by atoms with E-state index in [1.165, 1.54) is 18.2 Å². The number of hydrogen-bond acceptors (Lipinski definition) is 7. The average molecular weight is 572 g/mol. The highest BCUT2D eigenvalue weighted by molar-refractivity contribution is 9.10. The van der Waals surface area contributed by atoms with Crippen molar-refractivity contribution in [3.63, 3.8) is 0 Å². The van der Waals surface area contributed by atoms with Gasteiger partial charge in [-0.05, 0) is 61.4 Å². The normalized spacial score (nSPS) is 13.9. The number of esters is 1. The zero-order valence-corrected chi connectivity index (χ0v) is 21.6. The van der Waals surface area contributed by atoms with Gasteiger partial charge >= 0.3 is 5.97 Å². The fourth-order valence-corrected chi connectivity index (χ4v) is 4.08. The fourth-order valence-electron chi connectivity index (χ4n) is 3.55. The molecule has 10 heteroatoms. The van der Waals surface area contributed by atoms with Crippen molar-refractivity contribution >= 4 is 51.2 Å². The van der Waals surface area contributed by atoms with Gasteiger partial charge in [-0.3, -0.25) is 10.1 Å². The van der Waals surface area contributed by atoms with Crippen molar-refractivity contribution in [2.75, 3.05) is 6.61 Å². The highest BCUT2D eigenvalue weighted by Gasteiger charge is 2.27. The van der Waals surface area contributed by atoms with Gasteiger partial charge in [0.2, 0.25) is 5.90 Å². The van der Waals surface area contributed by atoms with Crippen LogP contribution >= 0.6 is 27.5 Å². The molecule has 3 aromatic rings. The van der Waals surface area contributed by atoms with E-state index in [9.17, 15) is 14.9 Å². The van der Waals surface area contributed by atoms with E-state index in [1.807, 2.05) is 31.2 Å². The summed E-state index contributed by atoms with van der Waals surface area (Å²) in [6.45, 7) is 4.08. The van der Waals surface area contributed by atoms with E-state index in [0.717, 1.165) is 10.0 Å². The maximum absolute atomic E-state index is 12.5. The van der Waals surface area contributed by atoms with Gasteiger partial charge in [-0.2, -0.15) is 0 Å². The van der Waals surface area contributed by atoms with Crippen LogP contribution in [-0.4, -0.2) is 23.4 Å². The van der Waals surface area contributed by atoms with E-state index >= 15 is 0 Å². The number of cyclic esters (lactones) is 1. The first kappa shape index (κ1) is 25.4. The maximum atomic E-state index is 12.5. The Bertz CT molecular complexity index is 1400. The molecule has 0 unspecified atom stereocenters. The van der Waals surface area contributed by atoms with Crippen LogP contribution in [0.3, 0.4) is 0 Å². The van der Waals surface area contributed by atoms with Crippen LogP contribution in [0.25, 0.3) is 6.08 Å². The van der Waals surface area contributed by atoms with Crippen molar-refractivity contribution in [3.8, 4) is 11.5 Å². The number of nitro groups is 1. The predicted octanol–water partition coefficient (Wildman–Crippen LogP) is 6.64. The van der Waals surface area contributed by atoms with E-state index in [-0.39, 0.29) is 23.9 Å². The third kappa shape index (κ3) is 5.58. The third-order valence-electron chi connectivity index (χ3n) is 5.28. The summed E-state index contributed by atoms with van der Waals surface area (Å²) in [6.07, 6.45) is 1.51. The number of carbonyl (C=O) groups is 1. The van der Waals surface area contributed by atoms with Gasteiger partial charge in [0, 0.05) is 21.7 Å². The zero-order valence-electron chi connectivity index (χ0n) is 19.3. The minimum atomic E-state index is -0.680. The lowest BCUT2D eigenvalue weighted by Crippen LogP contribution is -2.08. The first-order chi connectivity index (χ1) is 17.3. The van der Waals surface area contributed by atoms with Crippen LogP contribution in [0.1, 0.15) is 29.2 Å². The highest BCUT2D eigenvalue weighted by Crippen LogP contribution is 2.38. The number of nitrogens with zero attached hydrogens (tertiary/aromatic N) is 2. The second-order valence-corrected chi connectivity index (χ2v) is 9.04. The number of ether oxygens (including phenoxy) is 3. The Balaban J connectivity index is 1.63. The molecule has 0 amide bonds. The molecule has 1 aliphatic heterocycles. The first-order valence-corrected chi connectivity index (χ1v) is 12.0. The monoisotopic (exact) mass is 570 g/mol. The summed E-state index contributed by atoms with van der Waals surface area (Å²) in [5.41, 5.74) is 2.16. The van der Waals surface area contributed by atoms with Crippen molar-refractivity contribution < 1.29 is 23.9 Å². The Morgan fingerprint density at radius 3 is 2.61 bits per heavy atom. The van der Waals surface area contributed by atoms with Gasteiger partial charge in [0.1, 0.15) is 6.61 Å². The Kier molecular flexibility index (Phi) is 7.71. The van der Waals surface area contributed by atoms with Gasteiger partial charge < -0.3 is 14.2 Å². The van der Waals surface area contributed by atoms with Crippen LogP contribution in [-0.2, 0) is 16.1 Å². The van der Waals surface area contributed by atoms with Crippen LogP contribution in [0.2, 0.25) is 5.02 Å². The van der Waals surface area contributed by atoms with Crippen molar-refractivity contribution in [1.82, 2.24) is 0 Å². The molecule has 0 N–H and O–H groups in total. The average Bonchev–Trinajstić information content (AvgIpc) is 3.19. The number of carbonyl (C=O) groups excluding carboxylic acids is 1. The van der Waals surface area contributed by atoms with Crippen LogP contribution in [0.5, 0.6) is 11.5 Å². The quantitative estimate of drug-likeness (QED) is 0.130. The lowest BCUT2D eigenvalue weighted by atomic mass is 10.1. The van der Waals surface area contributed by atoms with Gasteiger partial charge in [0.15, 0.2) is 17.2 Å². The van der Waals surface area contributed by atoms with E-state index < -0.39 is 10.9 Å². The molecule has 0 fully saturated rings. The second kappa shape index (κ2) is 10.9. The fraction of sp³-hybridized carbons (Fsp3) is 0.154. The zero-order chi connectivity index (χ0) is 25.8. The lowest BCUT2D eigenvalue weighted by Gasteiger charge is -2.14. The smallest absolute Gasteiger partial charge is 0.363 e. The summed E-state index contributed by atoms with van der Waals surface area (Å²) < 4.78 is 18.0. The van der Waals surface area contributed by atoms with Crippen molar-refractivity contribution in [1.29, 1.82) is 0 Å². The highest BCUT2D eigenvalue weighted by atomic mass is 79.9. The molecule has 0 atom stereocenters. The number of rotatable bonds is 8. The summed E-state index contributed by atoms with van der Waals surface area (Å²) in [5, 5.41) is 11.6. The molecule has 8 nitrogen and oxygen atoms in total. The molecule has 0 bridgehead atoms. The van der Waals surface area contributed by atoms with Gasteiger partial charge in [0.05, 0.1) is 16.6 Å². The van der Waals surface area contributed by atoms with Crippen LogP contribution in [0.15, 0.2) is 69.8 Å². The lowest BCUT2D eigenvalue weighted by molar-refractivity contribution is -0.385. The molecule has 184 valence electrons. The number of halogens is 2. The Labute approximate surface area is 220 Å². The molecule has 0 spiro atoms. The Hall–Kier alpha value is -3.69. The molecular formula is C26H20BrClN2O6. The second-order valence-electron chi connectivity index (χ2n) is 7.72. The minimum Gasteiger partial charge on any atom is -0.490 e. The number of nitro benzene ring substituents is 1. The first-order valence-electron chi connectivity index (χ1n) is 10.9. The van der Waals surface area contributed by atoms with Crippen LogP contribution in [0, 0.1) is 17.0 Å². The summed E-state index contributed by atoms with van der Waals surface area (Å²) in [5.74, 6) is 0.117. The van der Waals surface area contributed by atoms with Crippen LogP contribution in [0.4, 0.5) is 5.69 Å². The predicted molar refractivity (Wildman–Crippen MR) is 140 cm³/mol. The maximum Gasteiger partial charge on any atom is 0.363 e. The molecule has 0 aliphatic carbocycles. The minimum absolute atomic E-state index is 0.00182. The molecular weight excluding hydrogens is 552 g/mol. The molecule has 1 aliphatic rings. The van der Waals surface area contributed by atoms with E-state index in [0.29, 0.717) is 39.8 Å². The standard InChI is InChI=1S/C26H20BrClN2O6/c1-3-34-23-13-17(11-20(28)24(23)35-14-16-7-9-18(27)10-8-16)12-21-26(31)36-25(29-21)19-5-4-6-22(15(19)2)30(32)33/h4-13H,3,14H2,1-2H3/b21-12-. The van der Waals surface area contributed by atoms with Gasteiger partial charge in [-0.1, -0.05) is 45.7 Å². The number of benzene rings is 3. The summed E-state index contributed by atoms with van der Waals surface area (Å²) in [7, 11) is 0. The summed E-state index contributed by atoms with van der Waals surface area (Å²) in [4.78, 5) is 27.5. The Morgan fingerprint density at radius 1 is 1.17 bits per heavy atom. The topological polar surface area (TPSA) is 100 Å². The third-order valence-corrected chi connectivity index (χ3v) is 6.09. The molecule has 0 saturated carbocycles. The van der Waals surface area contributed by atoms with Crippen LogP contribution < -0.4 is 9.47 Å². The van der Waals surface area contributed by atoms with Gasteiger partial charge in [-0.15, -0.1) is 0 Å². The van der Waals surface area contributed by atoms with Gasteiger partial charge in [-0.25, -0.2) is 9.79 Å². The van der Waals surface area contributed by atoms with Crippen molar-refractivity contribution in [2.24, 2.45) is 4.99 Å². The van der Waals surface area contributed by atoms with Gasteiger partial charge in [0.25, 0.3) is 5.69 Å². The molecule has 3 aromatic carbocycles. The largest absolute Gasteiger partial charge is 0.490 e. The van der Waals surface area contributed by atoms with E-state index in [4.69, 9.17) is 25.8 Å². The molecule has 4 rings (SSSR count). The molecule has 1 heterocycles. The van der Waals surface area contributed by atoms with E-state index in [1.54, 1.807) is 25.1 Å². The number of aliphatic imine (C=N–C) groups is 1. The SMILES string of the molecule is CCOc1cc(/C=C2\N=C(c3cccc([N+](=O)[O-])c3C)OC2=O)cc(Cl)c1OCc1ccc(Br)cc1. The number of hydrogen-bond donors (Lipinski definition) is 0. The molecule has 0 radical (unpaired) electrons. The molecule has 0 aromatic heterocycles. The Morgan fingerprint density at radius 2 is 1.92 bits per heavy atom. The van der Waals surface area contributed by atoms with Crippen molar-refractivity contribution in [3.05, 3.63) is 102 Å². The molecule has 36 heavy (non-hydrogen) atoms. The summed E-state index contributed by atoms with van der Waals surface area (Å²) >= 11 is 9.92. The summed E-state index contributed by atoms with van der Waals surface area (Å²) in [6, 6.07) is 15.5. The van der Waals surface area contributed by atoms with E-state index in [2.05, 4.69) is 20.9 Å².